The number of carbonyl (C=O) groups is 4. The highest BCUT2D eigenvalue weighted by Gasteiger charge is 2.43. The topological polar surface area (TPSA) is 177 Å². The smallest absolute Gasteiger partial charge is 0.407 e. The van der Waals surface area contributed by atoms with Gasteiger partial charge in [0.25, 0.3) is 11.8 Å². The van der Waals surface area contributed by atoms with Gasteiger partial charge in [-0.15, -0.1) is 0 Å². The number of likely N-dealkylation sites (tertiary alicyclic amines) is 2. The maximum absolute atomic E-state index is 14.7. The molecular weight excluding hydrogens is 833 g/mol. The summed E-state index contributed by atoms with van der Waals surface area (Å²) < 4.78 is 4.94. The number of carbonyl (C=O) groups excluding carboxylic acids is 3. The molecule has 14 nitrogen and oxygen atoms in total. The monoisotopic (exact) mass is 882 g/mol. The summed E-state index contributed by atoms with van der Waals surface area (Å²) in [6, 6.07) is 41.7. The molecule has 66 heavy (non-hydrogen) atoms. The minimum absolute atomic E-state index is 0.232. The SMILES string of the molecule is COC(=O)N[C@@H](C(=O)N1C(c2ccccc2)CC[C@H]1c1ncc(-c2ccc(-c3ccc(-c4cnc([C@H]5CCCN5C(=O)[C@@H](c5ccccc5)N(C)C(=O)O)[nH]4)cc3)cc2)[nH]1)c1ccccc1. The lowest BCUT2D eigenvalue weighted by molar-refractivity contribution is -0.138. The van der Waals surface area contributed by atoms with Crippen molar-refractivity contribution in [2.24, 2.45) is 0 Å². The van der Waals surface area contributed by atoms with E-state index < -0.39 is 24.3 Å². The summed E-state index contributed by atoms with van der Waals surface area (Å²) in [4.78, 5) is 74.5. The van der Waals surface area contributed by atoms with E-state index in [9.17, 15) is 24.3 Å². The molecule has 0 spiro atoms. The van der Waals surface area contributed by atoms with Crippen molar-refractivity contribution in [2.75, 3.05) is 20.7 Å². The highest BCUT2D eigenvalue weighted by molar-refractivity contribution is 5.88. The summed E-state index contributed by atoms with van der Waals surface area (Å²) in [7, 11) is 2.71. The molecule has 2 aliphatic heterocycles. The molecule has 2 saturated heterocycles. The van der Waals surface area contributed by atoms with Gasteiger partial charge in [0.1, 0.15) is 23.7 Å². The molecule has 5 atom stereocenters. The molecule has 1 unspecified atom stereocenters. The lowest BCUT2D eigenvalue weighted by Gasteiger charge is -2.33. The Balaban J connectivity index is 0.902. The van der Waals surface area contributed by atoms with Crippen molar-refractivity contribution in [3.8, 4) is 33.6 Å². The molecular formula is C52H50N8O6. The van der Waals surface area contributed by atoms with Gasteiger partial charge in [-0.05, 0) is 64.6 Å². The van der Waals surface area contributed by atoms with E-state index in [0.29, 0.717) is 42.2 Å². The van der Waals surface area contributed by atoms with Gasteiger partial charge in [-0.2, -0.15) is 0 Å². The number of aromatic amines is 2. The summed E-state index contributed by atoms with van der Waals surface area (Å²) >= 11 is 0. The van der Waals surface area contributed by atoms with Crippen molar-refractivity contribution in [3.05, 3.63) is 180 Å². The largest absolute Gasteiger partial charge is 0.465 e. The van der Waals surface area contributed by atoms with E-state index in [0.717, 1.165) is 56.9 Å². The Labute approximate surface area is 382 Å². The van der Waals surface area contributed by atoms with Gasteiger partial charge in [0.05, 0.1) is 49.0 Å². The molecule has 2 fully saturated rings. The summed E-state index contributed by atoms with van der Waals surface area (Å²) in [5, 5.41) is 12.6. The molecule has 5 aromatic carbocycles. The van der Waals surface area contributed by atoms with Gasteiger partial charge in [-0.3, -0.25) is 14.5 Å². The van der Waals surface area contributed by atoms with Crippen LogP contribution in [0, 0.1) is 0 Å². The molecule has 0 bridgehead atoms. The predicted octanol–water partition coefficient (Wildman–Crippen LogP) is 9.65. The first-order chi connectivity index (χ1) is 32.2. The number of likely N-dealkylation sites (N-methyl/N-ethyl adjacent to an activating group) is 1. The van der Waals surface area contributed by atoms with E-state index >= 15 is 0 Å². The van der Waals surface area contributed by atoms with Crippen LogP contribution in [0.15, 0.2) is 152 Å². The van der Waals surface area contributed by atoms with Gasteiger partial charge in [0.2, 0.25) is 0 Å². The van der Waals surface area contributed by atoms with Crippen LogP contribution in [0.3, 0.4) is 0 Å². The van der Waals surface area contributed by atoms with Crippen LogP contribution in [0.25, 0.3) is 33.6 Å². The third-order valence-corrected chi connectivity index (χ3v) is 12.8. The molecule has 0 aliphatic carbocycles. The van der Waals surface area contributed by atoms with E-state index in [1.807, 2.05) is 95.9 Å². The standard InChI is InChI=1S/C52H50N8O6/c1-58(52(64)65)46(39-17-10-5-11-18-39)50(62)59-30-12-19-43(59)47-53-31-40(55-47)35-24-20-33(21-25-35)34-22-26-36(27-23-34)41-32-54-48(56-41)44-29-28-42(37-13-6-3-7-14-37)60(44)49(61)45(57-51(63)66-2)38-15-8-4-9-16-38/h3-11,13-18,20-27,31-32,42-46H,12,19,28-30H2,1-2H3,(H,53,55)(H,54,56)(H,57,63)(H,64,65)/t42?,43-,44+,45-,46-/m1/s1. The van der Waals surface area contributed by atoms with E-state index in [1.54, 1.807) is 41.6 Å². The fourth-order valence-corrected chi connectivity index (χ4v) is 9.39. The van der Waals surface area contributed by atoms with Crippen molar-refractivity contribution in [2.45, 2.75) is 55.9 Å². The molecule has 9 rings (SSSR count). The third-order valence-electron chi connectivity index (χ3n) is 12.8. The lowest BCUT2D eigenvalue weighted by atomic mass is 10.0. The van der Waals surface area contributed by atoms with Gasteiger partial charge in [-0.1, -0.05) is 140 Å². The van der Waals surface area contributed by atoms with Crippen molar-refractivity contribution < 1.29 is 29.0 Å². The van der Waals surface area contributed by atoms with Crippen molar-refractivity contribution in [1.29, 1.82) is 0 Å². The zero-order valence-corrected chi connectivity index (χ0v) is 36.6. The van der Waals surface area contributed by atoms with Gasteiger partial charge in [0, 0.05) is 13.6 Å². The zero-order valence-electron chi connectivity index (χ0n) is 36.6. The first-order valence-electron chi connectivity index (χ1n) is 22.1. The number of rotatable bonds is 12. The minimum atomic E-state index is -1.18. The number of H-pyrrole nitrogens is 2. The first kappa shape index (κ1) is 43.3. The normalized spacial score (nSPS) is 17.8. The Bertz CT molecular complexity index is 2800. The number of methoxy groups -OCH3 is 1. The molecule has 2 aliphatic rings. The van der Waals surface area contributed by atoms with Gasteiger partial charge in [0.15, 0.2) is 0 Å². The van der Waals surface area contributed by atoms with Gasteiger partial charge < -0.3 is 34.9 Å². The van der Waals surface area contributed by atoms with E-state index in [4.69, 9.17) is 14.7 Å². The maximum atomic E-state index is 14.7. The van der Waals surface area contributed by atoms with Crippen LogP contribution in [0.4, 0.5) is 9.59 Å². The quantitative estimate of drug-likeness (QED) is 0.0938. The number of nitrogens with zero attached hydrogens (tertiary/aromatic N) is 5. The number of alkyl carbamates (subject to hydrolysis) is 1. The number of aromatic nitrogens is 4. The van der Waals surface area contributed by atoms with Crippen LogP contribution in [-0.2, 0) is 14.3 Å². The summed E-state index contributed by atoms with van der Waals surface area (Å²) in [6.07, 6.45) is 4.59. The van der Waals surface area contributed by atoms with E-state index in [2.05, 4.69) is 39.6 Å². The Morgan fingerprint density at radius 3 is 1.70 bits per heavy atom. The Morgan fingerprint density at radius 2 is 1.15 bits per heavy atom. The second-order valence-electron chi connectivity index (χ2n) is 16.7. The summed E-state index contributed by atoms with van der Waals surface area (Å²) in [6.45, 7) is 0.508. The number of ether oxygens (including phenoxy) is 1. The van der Waals surface area contributed by atoms with Crippen LogP contribution in [-0.4, -0.2) is 84.4 Å². The average Bonchev–Trinajstić information content (AvgIpc) is 4.21. The van der Waals surface area contributed by atoms with Crippen LogP contribution < -0.4 is 5.32 Å². The molecule has 4 heterocycles. The molecule has 0 radical (unpaired) electrons. The number of amides is 4. The van der Waals surface area contributed by atoms with Crippen LogP contribution in [0.2, 0.25) is 0 Å². The number of imidazole rings is 2. The summed E-state index contributed by atoms with van der Waals surface area (Å²) in [5.74, 6) is 0.801. The number of nitrogens with one attached hydrogen (secondary N) is 3. The average molecular weight is 883 g/mol. The third kappa shape index (κ3) is 8.77. The number of carboxylic acid groups (broad SMARTS) is 1. The fourth-order valence-electron chi connectivity index (χ4n) is 9.39. The summed E-state index contributed by atoms with van der Waals surface area (Å²) in [5.41, 5.74) is 7.84. The van der Waals surface area contributed by atoms with Crippen LogP contribution in [0.5, 0.6) is 0 Å². The molecule has 4 amide bonds. The lowest BCUT2D eigenvalue weighted by Crippen LogP contribution is -2.43. The maximum Gasteiger partial charge on any atom is 0.407 e. The Morgan fingerprint density at radius 1 is 0.652 bits per heavy atom. The van der Waals surface area contributed by atoms with Crippen molar-refractivity contribution in [3.63, 3.8) is 0 Å². The van der Waals surface area contributed by atoms with E-state index in [-0.39, 0.29) is 29.9 Å². The highest BCUT2D eigenvalue weighted by Crippen LogP contribution is 2.45. The van der Waals surface area contributed by atoms with Gasteiger partial charge >= 0.3 is 12.2 Å². The Kier molecular flexibility index (Phi) is 12.5. The van der Waals surface area contributed by atoms with Crippen LogP contribution in [0.1, 0.15) is 84.2 Å². The number of hydrogen-bond donors (Lipinski definition) is 4. The molecule has 14 heteroatoms. The molecule has 0 saturated carbocycles. The fraction of sp³-hybridized carbons (Fsp3) is 0.231. The van der Waals surface area contributed by atoms with Crippen LogP contribution >= 0.6 is 0 Å². The highest BCUT2D eigenvalue weighted by atomic mass is 16.5. The minimum Gasteiger partial charge on any atom is -0.465 e. The first-order valence-corrected chi connectivity index (χ1v) is 22.1. The second-order valence-corrected chi connectivity index (χ2v) is 16.7. The predicted molar refractivity (Wildman–Crippen MR) is 248 cm³/mol. The molecule has 4 N–H and O–H groups in total. The second kappa shape index (κ2) is 19.0. The number of hydrogen-bond acceptors (Lipinski definition) is 7. The van der Waals surface area contributed by atoms with Crippen molar-refractivity contribution >= 4 is 24.0 Å². The molecule has 7 aromatic rings. The number of benzene rings is 5. The van der Waals surface area contributed by atoms with Crippen molar-refractivity contribution in [1.82, 2.24) is 40.0 Å². The van der Waals surface area contributed by atoms with Gasteiger partial charge in [-0.25, -0.2) is 19.6 Å². The molecule has 334 valence electrons. The Hall–Kier alpha value is -8.00. The zero-order chi connectivity index (χ0) is 45.7. The molecule has 2 aromatic heterocycles. The van der Waals surface area contributed by atoms with E-state index in [1.165, 1.54) is 14.2 Å².